The first kappa shape index (κ1) is 17.2. The summed E-state index contributed by atoms with van der Waals surface area (Å²) in [5.41, 5.74) is 2.23. The molecule has 1 fully saturated rings. The van der Waals surface area contributed by atoms with Gasteiger partial charge in [0.1, 0.15) is 6.10 Å². The SMILES string of the molecule is O=C(NCC(c1ccccc1)c1ccccc1)[C@@H]1CC[C@H](C(=O)O)O1. The quantitative estimate of drug-likeness (QED) is 0.848. The molecule has 5 heteroatoms. The number of carboxylic acid groups (broad SMARTS) is 1. The number of aliphatic carboxylic acids is 1. The van der Waals surface area contributed by atoms with E-state index in [4.69, 9.17) is 9.84 Å². The molecule has 0 spiro atoms. The molecule has 0 radical (unpaired) electrons. The second-order valence-corrected chi connectivity index (χ2v) is 6.15. The molecule has 0 unspecified atom stereocenters. The third-order valence-electron chi connectivity index (χ3n) is 4.47. The first-order valence-corrected chi connectivity index (χ1v) is 8.41. The molecule has 2 aromatic carbocycles. The summed E-state index contributed by atoms with van der Waals surface area (Å²) in [6, 6.07) is 20.0. The van der Waals surface area contributed by atoms with E-state index in [0.29, 0.717) is 19.4 Å². The Hall–Kier alpha value is -2.66. The van der Waals surface area contributed by atoms with Gasteiger partial charge in [0.15, 0.2) is 6.10 Å². The molecule has 25 heavy (non-hydrogen) atoms. The predicted molar refractivity (Wildman–Crippen MR) is 93.3 cm³/mol. The van der Waals surface area contributed by atoms with Crippen molar-refractivity contribution >= 4 is 11.9 Å². The Balaban J connectivity index is 1.67. The van der Waals surface area contributed by atoms with Gasteiger partial charge in [0.25, 0.3) is 0 Å². The van der Waals surface area contributed by atoms with Crippen LogP contribution in [0.4, 0.5) is 0 Å². The first-order chi connectivity index (χ1) is 12.1. The fraction of sp³-hybridized carbons (Fsp3) is 0.300. The third kappa shape index (κ3) is 4.25. The van der Waals surface area contributed by atoms with Gasteiger partial charge in [-0.25, -0.2) is 4.79 Å². The first-order valence-electron chi connectivity index (χ1n) is 8.41. The van der Waals surface area contributed by atoms with E-state index in [9.17, 15) is 9.59 Å². The van der Waals surface area contributed by atoms with Crippen molar-refractivity contribution in [3.8, 4) is 0 Å². The van der Waals surface area contributed by atoms with Gasteiger partial charge in [0.2, 0.25) is 5.91 Å². The number of carbonyl (C=O) groups excluding carboxylic acids is 1. The second kappa shape index (κ2) is 7.94. The zero-order chi connectivity index (χ0) is 17.6. The Bertz CT molecular complexity index is 677. The van der Waals surface area contributed by atoms with Crippen LogP contribution in [-0.2, 0) is 14.3 Å². The number of nitrogens with one attached hydrogen (secondary N) is 1. The summed E-state index contributed by atoms with van der Waals surface area (Å²) in [4.78, 5) is 23.3. The molecule has 130 valence electrons. The summed E-state index contributed by atoms with van der Waals surface area (Å²) in [5, 5.41) is 11.9. The van der Waals surface area contributed by atoms with Gasteiger partial charge in [-0.2, -0.15) is 0 Å². The highest BCUT2D eigenvalue weighted by molar-refractivity contribution is 5.82. The van der Waals surface area contributed by atoms with Crippen LogP contribution in [0.15, 0.2) is 60.7 Å². The zero-order valence-corrected chi connectivity index (χ0v) is 13.8. The average molecular weight is 339 g/mol. The van der Waals surface area contributed by atoms with E-state index in [1.807, 2.05) is 60.7 Å². The molecule has 2 N–H and O–H groups in total. The van der Waals surface area contributed by atoms with Crippen LogP contribution in [0.25, 0.3) is 0 Å². The molecule has 0 bridgehead atoms. The number of hydrogen-bond donors (Lipinski definition) is 2. The summed E-state index contributed by atoms with van der Waals surface area (Å²) < 4.78 is 5.32. The Morgan fingerprint density at radius 2 is 1.48 bits per heavy atom. The molecule has 0 aromatic heterocycles. The molecule has 1 aliphatic rings. The van der Waals surface area contributed by atoms with E-state index in [0.717, 1.165) is 11.1 Å². The minimum Gasteiger partial charge on any atom is -0.479 e. The second-order valence-electron chi connectivity index (χ2n) is 6.15. The van der Waals surface area contributed by atoms with Crippen LogP contribution < -0.4 is 5.32 Å². The fourth-order valence-corrected chi connectivity index (χ4v) is 3.13. The zero-order valence-electron chi connectivity index (χ0n) is 13.8. The van der Waals surface area contributed by atoms with Crippen LogP contribution in [-0.4, -0.2) is 35.7 Å². The van der Waals surface area contributed by atoms with Gasteiger partial charge in [-0.1, -0.05) is 60.7 Å². The van der Waals surface area contributed by atoms with Crippen molar-refractivity contribution in [3.05, 3.63) is 71.8 Å². The molecule has 0 saturated carbocycles. The maximum absolute atomic E-state index is 12.4. The highest BCUT2D eigenvalue weighted by Crippen LogP contribution is 2.24. The van der Waals surface area contributed by atoms with Gasteiger partial charge < -0.3 is 15.2 Å². The van der Waals surface area contributed by atoms with E-state index < -0.39 is 18.2 Å². The molecular formula is C20H21NO4. The van der Waals surface area contributed by atoms with Crippen molar-refractivity contribution in [2.24, 2.45) is 0 Å². The molecular weight excluding hydrogens is 318 g/mol. The lowest BCUT2D eigenvalue weighted by atomic mass is 9.91. The number of ether oxygens (including phenoxy) is 1. The van der Waals surface area contributed by atoms with E-state index in [1.165, 1.54) is 0 Å². The van der Waals surface area contributed by atoms with Crippen LogP contribution >= 0.6 is 0 Å². The van der Waals surface area contributed by atoms with Gasteiger partial charge in [0, 0.05) is 12.5 Å². The molecule has 1 heterocycles. The molecule has 2 atom stereocenters. The largest absolute Gasteiger partial charge is 0.479 e. The number of carbonyl (C=O) groups is 2. The summed E-state index contributed by atoms with van der Waals surface area (Å²) in [6.45, 7) is 0.435. The third-order valence-corrected chi connectivity index (χ3v) is 4.47. The van der Waals surface area contributed by atoms with Crippen LogP contribution in [0.2, 0.25) is 0 Å². The lowest BCUT2D eigenvalue weighted by Crippen LogP contribution is -2.38. The van der Waals surface area contributed by atoms with Crippen LogP contribution in [0.3, 0.4) is 0 Å². The van der Waals surface area contributed by atoms with Gasteiger partial charge in [-0.05, 0) is 24.0 Å². The van der Waals surface area contributed by atoms with Gasteiger partial charge in [-0.3, -0.25) is 4.79 Å². The van der Waals surface area contributed by atoms with E-state index in [2.05, 4.69) is 5.32 Å². The number of benzene rings is 2. The Kier molecular flexibility index (Phi) is 5.46. The standard InChI is InChI=1S/C20H21NO4/c22-19(17-11-12-18(25-17)20(23)24)21-13-16(14-7-3-1-4-8-14)15-9-5-2-6-10-15/h1-10,16-18H,11-13H2,(H,21,22)(H,23,24)/t17-,18+/m0/s1. The van der Waals surface area contributed by atoms with Crippen molar-refractivity contribution in [3.63, 3.8) is 0 Å². The highest BCUT2D eigenvalue weighted by atomic mass is 16.5. The van der Waals surface area contributed by atoms with E-state index in [-0.39, 0.29) is 11.8 Å². The van der Waals surface area contributed by atoms with Crippen molar-refractivity contribution in [1.82, 2.24) is 5.32 Å². The number of hydrogen-bond acceptors (Lipinski definition) is 3. The lowest BCUT2D eigenvalue weighted by molar-refractivity contribution is -0.151. The Morgan fingerprint density at radius 1 is 0.960 bits per heavy atom. The van der Waals surface area contributed by atoms with Crippen LogP contribution in [0.5, 0.6) is 0 Å². The highest BCUT2D eigenvalue weighted by Gasteiger charge is 2.34. The molecule has 5 nitrogen and oxygen atoms in total. The number of amides is 1. The Morgan fingerprint density at radius 3 is 1.96 bits per heavy atom. The lowest BCUT2D eigenvalue weighted by Gasteiger charge is -2.20. The molecule has 1 saturated heterocycles. The van der Waals surface area contributed by atoms with Gasteiger partial charge in [0.05, 0.1) is 0 Å². The Labute approximate surface area is 146 Å². The summed E-state index contributed by atoms with van der Waals surface area (Å²) in [5.74, 6) is -1.23. The van der Waals surface area contributed by atoms with Crippen LogP contribution in [0, 0.1) is 0 Å². The summed E-state index contributed by atoms with van der Waals surface area (Å²) in [6.07, 6.45) is -0.763. The fourth-order valence-electron chi connectivity index (χ4n) is 3.13. The summed E-state index contributed by atoms with van der Waals surface area (Å²) >= 11 is 0. The number of rotatable bonds is 6. The van der Waals surface area contributed by atoms with E-state index in [1.54, 1.807) is 0 Å². The van der Waals surface area contributed by atoms with Gasteiger partial charge in [-0.15, -0.1) is 0 Å². The minimum absolute atomic E-state index is 0.0306. The smallest absolute Gasteiger partial charge is 0.332 e. The van der Waals surface area contributed by atoms with Gasteiger partial charge >= 0.3 is 5.97 Å². The molecule has 2 aromatic rings. The maximum atomic E-state index is 12.4. The minimum atomic E-state index is -1.01. The molecule has 1 amide bonds. The van der Waals surface area contributed by atoms with Crippen molar-refractivity contribution < 1.29 is 19.4 Å². The van der Waals surface area contributed by atoms with Crippen molar-refractivity contribution in [2.45, 2.75) is 31.0 Å². The summed E-state index contributed by atoms with van der Waals surface area (Å²) in [7, 11) is 0. The number of carboxylic acids is 1. The average Bonchev–Trinajstić information content (AvgIpc) is 3.14. The predicted octanol–water partition coefficient (Wildman–Crippen LogP) is 2.57. The molecule has 0 aliphatic carbocycles. The topological polar surface area (TPSA) is 75.6 Å². The maximum Gasteiger partial charge on any atom is 0.332 e. The van der Waals surface area contributed by atoms with Crippen molar-refractivity contribution in [1.29, 1.82) is 0 Å². The normalized spacial score (nSPS) is 19.7. The monoisotopic (exact) mass is 339 g/mol. The van der Waals surface area contributed by atoms with E-state index >= 15 is 0 Å². The molecule has 3 rings (SSSR count). The van der Waals surface area contributed by atoms with Crippen LogP contribution in [0.1, 0.15) is 29.9 Å². The van der Waals surface area contributed by atoms with Crippen molar-refractivity contribution in [2.75, 3.05) is 6.54 Å². The molecule has 1 aliphatic heterocycles.